The molecule has 1 aliphatic carbocycles. The quantitative estimate of drug-likeness (QED) is 0.295. The molecule has 40 heavy (non-hydrogen) atoms. The van der Waals surface area contributed by atoms with Crippen LogP contribution in [-0.4, -0.2) is 60.2 Å². The van der Waals surface area contributed by atoms with Crippen LogP contribution in [0.2, 0.25) is 9.04 Å². The summed E-state index contributed by atoms with van der Waals surface area (Å²) in [6.45, 7) is 0.806. The summed E-state index contributed by atoms with van der Waals surface area (Å²) >= 11 is 5.58. The number of hydrogen-bond acceptors (Lipinski definition) is 8. The Kier molecular flexibility index (Phi) is 8.89. The number of thiophene rings is 1. The van der Waals surface area contributed by atoms with Gasteiger partial charge >= 0.3 is 247 Å². The SMILES string of the molecule is COc1c(N2CCCCC2=O)cc(F)cc1S(=O)(=O)[As]C(Cc1cc(-c2ccc(Cl)s2)on1)C(=O)NCC1CC1. The zero-order chi connectivity index (χ0) is 28.4. The zero-order valence-electron chi connectivity index (χ0n) is 21.6. The van der Waals surface area contributed by atoms with Gasteiger partial charge < -0.3 is 0 Å². The van der Waals surface area contributed by atoms with Crippen molar-refractivity contribution in [2.24, 2.45) is 5.92 Å². The Morgan fingerprint density at radius 2 is 2.12 bits per heavy atom. The standard InChI is InChI=1S/C26H27AsClFN3O6S2/c1-37-25-19(32-9-3-2-4-24(32)33)10-16(29)11-22(25)40(35,36)27-18(26(34)30-14-15-5-6-15)12-17-13-20(38-31-17)21-7-8-23(28)39-21/h7-8,10-11,13,15,18H,2-6,9,12,14H2,1H3,(H,30,34). The number of aromatic nitrogens is 1. The molecule has 1 aliphatic heterocycles. The van der Waals surface area contributed by atoms with Crippen LogP contribution in [0, 0.1) is 11.7 Å². The van der Waals surface area contributed by atoms with Crippen LogP contribution in [0.4, 0.5) is 10.1 Å². The fourth-order valence-electron chi connectivity index (χ4n) is 4.47. The molecule has 1 aromatic carbocycles. The average molecular weight is 671 g/mol. The molecule has 3 aromatic rings. The number of nitrogens with zero attached hydrogens (tertiary/aromatic N) is 2. The number of nitrogens with one attached hydrogen (secondary N) is 1. The number of halogens is 2. The van der Waals surface area contributed by atoms with Crippen LogP contribution in [0.5, 0.6) is 5.75 Å². The third-order valence-electron chi connectivity index (χ3n) is 6.70. The van der Waals surface area contributed by atoms with E-state index in [0.29, 0.717) is 47.6 Å². The van der Waals surface area contributed by atoms with Gasteiger partial charge in [0.25, 0.3) is 0 Å². The fraction of sp³-hybridized carbons (Fsp3) is 0.423. The Bertz CT molecular complexity index is 1520. The second-order valence-corrected chi connectivity index (χ2v) is 18.7. The van der Waals surface area contributed by atoms with E-state index in [0.717, 1.165) is 29.9 Å². The normalized spacial score (nSPS) is 17.0. The van der Waals surface area contributed by atoms with Crippen molar-refractivity contribution in [2.75, 3.05) is 25.1 Å². The predicted molar refractivity (Wildman–Crippen MR) is 150 cm³/mol. The second-order valence-electron chi connectivity index (χ2n) is 9.73. The van der Waals surface area contributed by atoms with E-state index < -0.39 is 39.1 Å². The Balaban J connectivity index is 1.44. The molecule has 2 aromatic heterocycles. The minimum atomic E-state index is -4.18. The van der Waals surface area contributed by atoms with Crippen LogP contribution in [0.25, 0.3) is 10.6 Å². The van der Waals surface area contributed by atoms with Crippen molar-refractivity contribution in [3.63, 3.8) is 0 Å². The summed E-state index contributed by atoms with van der Waals surface area (Å²) in [5, 5.41) is 6.94. The van der Waals surface area contributed by atoms with Crippen molar-refractivity contribution in [1.29, 1.82) is 0 Å². The first-order valence-corrected chi connectivity index (χ1v) is 18.8. The van der Waals surface area contributed by atoms with E-state index in [1.165, 1.54) is 23.3 Å². The molecule has 1 saturated carbocycles. The summed E-state index contributed by atoms with van der Waals surface area (Å²) in [5.41, 5.74) is 0.500. The number of ether oxygens (including phenoxy) is 1. The van der Waals surface area contributed by atoms with Gasteiger partial charge in [0.1, 0.15) is 0 Å². The molecule has 0 spiro atoms. The van der Waals surface area contributed by atoms with Crippen molar-refractivity contribution in [1.82, 2.24) is 10.5 Å². The Hall–Kier alpha value is -2.40. The predicted octanol–water partition coefficient (Wildman–Crippen LogP) is 4.67. The van der Waals surface area contributed by atoms with Gasteiger partial charge in [-0.05, 0) is 0 Å². The summed E-state index contributed by atoms with van der Waals surface area (Å²) in [5.74, 6) is -0.667. The molecule has 1 unspecified atom stereocenters. The number of anilines is 1. The van der Waals surface area contributed by atoms with Crippen LogP contribution < -0.4 is 15.0 Å². The third-order valence-corrected chi connectivity index (χ3v) is 14.8. The van der Waals surface area contributed by atoms with Crippen molar-refractivity contribution in [3.05, 3.63) is 46.2 Å². The first-order chi connectivity index (χ1) is 19.1. The molecule has 213 valence electrons. The summed E-state index contributed by atoms with van der Waals surface area (Å²) in [7, 11) is -2.89. The second kappa shape index (κ2) is 12.2. The van der Waals surface area contributed by atoms with Crippen molar-refractivity contribution in [3.8, 4) is 16.4 Å². The van der Waals surface area contributed by atoms with Gasteiger partial charge in [-0.2, -0.15) is 0 Å². The van der Waals surface area contributed by atoms with Gasteiger partial charge in [0.15, 0.2) is 0 Å². The van der Waals surface area contributed by atoms with E-state index in [4.69, 9.17) is 20.9 Å². The van der Waals surface area contributed by atoms with E-state index in [9.17, 15) is 22.4 Å². The van der Waals surface area contributed by atoms with E-state index in [-0.39, 0.29) is 35.1 Å². The van der Waals surface area contributed by atoms with E-state index in [2.05, 4.69) is 10.5 Å². The maximum atomic E-state index is 14.8. The van der Waals surface area contributed by atoms with Crippen molar-refractivity contribution >= 4 is 63.1 Å². The first kappa shape index (κ1) is 29.1. The number of hydrogen-bond donors (Lipinski definition) is 1. The molecule has 2 fully saturated rings. The molecule has 9 nitrogen and oxygen atoms in total. The number of carbonyl (C=O) groups is 2. The van der Waals surface area contributed by atoms with Crippen LogP contribution in [0.1, 0.15) is 37.8 Å². The fourth-order valence-corrected chi connectivity index (χ4v) is 12.1. The molecule has 1 radical (unpaired) electrons. The molecule has 1 N–H and O–H groups in total. The Morgan fingerprint density at radius 3 is 2.80 bits per heavy atom. The van der Waals surface area contributed by atoms with E-state index >= 15 is 0 Å². The summed E-state index contributed by atoms with van der Waals surface area (Å²) in [4.78, 5) is 27.6. The number of amides is 2. The summed E-state index contributed by atoms with van der Waals surface area (Å²) in [6, 6.07) is 7.20. The Labute approximate surface area is 246 Å². The van der Waals surface area contributed by atoms with Gasteiger partial charge in [0.2, 0.25) is 0 Å². The first-order valence-electron chi connectivity index (χ1n) is 12.8. The molecule has 2 amide bonds. The number of benzene rings is 1. The molecule has 5 rings (SSSR count). The monoisotopic (exact) mass is 670 g/mol. The van der Waals surface area contributed by atoms with Gasteiger partial charge in [-0.3, -0.25) is 0 Å². The van der Waals surface area contributed by atoms with Gasteiger partial charge in [-0.25, -0.2) is 0 Å². The average Bonchev–Trinajstić information content (AvgIpc) is 3.47. The van der Waals surface area contributed by atoms with Crippen molar-refractivity contribution in [2.45, 2.75) is 48.1 Å². The number of rotatable bonds is 11. The van der Waals surface area contributed by atoms with Gasteiger partial charge in [0, 0.05) is 0 Å². The van der Waals surface area contributed by atoms with Gasteiger partial charge in [-0.1, -0.05) is 0 Å². The van der Waals surface area contributed by atoms with Gasteiger partial charge in [-0.15, -0.1) is 0 Å². The van der Waals surface area contributed by atoms with Crippen molar-refractivity contribution < 1.29 is 31.7 Å². The molecule has 2 aliphatic rings. The molecule has 1 saturated heterocycles. The summed E-state index contributed by atoms with van der Waals surface area (Å²) in [6.07, 6.45) is 3.77. The van der Waals surface area contributed by atoms with Crippen LogP contribution in [0.3, 0.4) is 0 Å². The zero-order valence-corrected chi connectivity index (χ0v) is 25.8. The number of piperidine rings is 1. The minimum absolute atomic E-state index is 0.0213. The van der Waals surface area contributed by atoms with Crippen LogP contribution >= 0.6 is 22.9 Å². The molecule has 1 atom stereocenters. The van der Waals surface area contributed by atoms with Gasteiger partial charge in [0.05, 0.1) is 0 Å². The molecular formula is C26H27AsClFN3O6S2. The van der Waals surface area contributed by atoms with Crippen LogP contribution in [-0.2, 0) is 24.1 Å². The molecule has 14 heteroatoms. The van der Waals surface area contributed by atoms with Crippen LogP contribution in [0.15, 0.2) is 39.8 Å². The Morgan fingerprint density at radius 1 is 1.32 bits per heavy atom. The maximum absolute atomic E-state index is 14.8. The number of methoxy groups -OCH3 is 1. The van der Waals surface area contributed by atoms with E-state index in [1.807, 2.05) is 0 Å². The third kappa shape index (κ3) is 6.73. The molecular weight excluding hydrogens is 644 g/mol. The number of carbonyl (C=O) groups excluding carboxylic acids is 2. The summed E-state index contributed by atoms with van der Waals surface area (Å²) < 4.78 is 53.0. The molecule has 0 bridgehead atoms. The topological polar surface area (TPSA) is 119 Å². The van der Waals surface area contributed by atoms with E-state index in [1.54, 1.807) is 18.2 Å². The molecule has 3 heterocycles.